The zero-order chi connectivity index (χ0) is 15.4. The Hall–Kier alpha value is -0.440. The zero-order valence-corrected chi connectivity index (χ0v) is 12.0. The van der Waals surface area contributed by atoms with Crippen LogP contribution in [0.1, 0.15) is 25.7 Å². The Morgan fingerprint density at radius 1 is 1.50 bits per heavy atom. The molecule has 1 rings (SSSR count). The van der Waals surface area contributed by atoms with Crippen LogP contribution in [0, 0.1) is 5.92 Å². The van der Waals surface area contributed by atoms with E-state index in [1.54, 1.807) is 0 Å². The lowest BCUT2D eigenvalue weighted by atomic mass is 9.90. The van der Waals surface area contributed by atoms with E-state index < -0.39 is 39.6 Å². The lowest BCUT2D eigenvalue weighted by molar-refractivity contribution is -0.442. The van der Waals surface area contributed by atoms with E-state index >= 15 is 0 Å². The first kappa shape index (κ1) is 17.6. The Balaban J connectivity index is 2.57. The highest BCUT2D eigenvalue weighted by Gasteiger charge is 2.47. The number of aliphatic carboxylic acids is 1. The quantitative estimate of drug-likeness (QED) is 0.294. The highest BCUT2D eigenvalue weighted by molar-refractivity contribution is 8.20. The number of aliphatic hydroxyl groups is 1. The van der Waals surface area contributed by atoms with E-state index in [1.807, 2.05) is 0 Å². The summed E-state index contributed by atoms with van der Waals surface area (Å²) in [4.78, 5) is 21.4. The summed E-state index contributed by atoms with van der Waals surface area (Å²) in [6, 6.07) is 0. The number of hydrogen-bond acceptors (Lipinski definition) is 9. The van der Waals surface area contributed by atoms with Crippen molar-refractivity contribution in [1.29, 1.82) is 0 Å². The van der Waals surface area contributed by atoms with Crippen LogP contribution in [-0.2, 0) is 28.2 Å². The molecule has 20 heavy (non-hydrogen) atoms. The number of hydrogen-bond donors (Lipinski definition) is 3. The first-order chi connectivity index (χ1) is 9.23. The molecule has 0 saturated heterocycles. The third-order valence-electron chi connectivity index (χ3n) is 2.91. The molecule has 0 aliphatic heterocycles. The van der Waals surface area contributed by atoms with Crippen molar-refractivity contribution < 1.29 is 48.5 Å². The van der Waals surface area contributed by atoms with E-state index in [2.05, 4.69) is 14.2 Å². The first-order valence-electron chi connectivity index (χ1n) is 5.57. The normalized spacial score (nSPS) is 21.9. The molecular weight excluding hydrogens is 318 g/mol. The van der Waals surface area contributed by atoms with Crippen molar-refractivity contribution in [3.8, 4) is 0 Å². The third kappa shape index (κ3) is 4.83. The van der Waals surface area contributed by atoms with Crippen LogP contribution in [0.2, 0.25) is 0 Å². The largest absolute Gasteiger partial charge is 0.596 e. The van der Waals surface area contributed by atoms with E-state index in [0.717, 1.165) is 0 Å². The SMILES string of the molecule is O=C(O)CC(O)(CCOP(=O)(OOO)[P+](=O)[O-])C1CC1. The predicted molar refractivity (Wildman–Crippen MR) is 60.5 cm³/mol. The summed E-state index contributed by atoms with van der Waals surface area (Å²) >= 11 is 0. The minimum atomic E-state index is -4.70. The van der Waals surface area contributed by atoms with Gasteiger partial charge in [-0.05, 0) is 18.8 Å². The van der Waals surface area contributed by atoms with Crippen LogP contribution in [-0.4, -0.2) is 33.6 Å². The molecule has 1 saturated carbocycles. The Kier molecular flexibility index (Phi) is 6.18. The average Bonchev–Trinajstić information content (AvgIpc) is 3.11. The summed E-state index contributed by atoms with van der Waals surface area (Å²) in [5, 5.41) is 29.9. The summed E-state index contributed by atoms with van der Waals surface area (Å²) in [6.45, 7) is -0.537. The molecule has 0 heterocycles. The molecule has 1 fully saturated rings. The van der Waals surface area contributed by atoms with Gasteiger partial charge in [0.2, 0.25) is 0 Å². The lowest BCUT2D eigenvalue weighted by Gasteiger charge is -2.26. The van der Waals surface area contributed by atoms with Crippen molar-refractivity contribution in [2.75, 3.05) is 6.61 Å². The van der Waals surface area contributed by atoms with Crippen LogP contribution >= 0.6 is 15.0 Å². The van der Waals surface area contributed by atoms with Gasteiger partial charge in [0, 0.05) is 6.42 Å². The highest BCUT2D eigenvalue weighted by Crippen LogP contribution is 2.66. The molecule has 0 amide bonds. The van der Waals surface area contributed by atoms with Crippen LogP contribution in [0.15, 0.2) is 0 Å². The summed E-state index contributed by atoms with van der Waals surface area (Å²) in [6.07, 6.45) is 0.513. The molecule has 0 aromatic carbocycles. The monoisotopic (exact) mass is 332 g/mol. The molecule has 0 bridgehead atoms. The lowest BCUT2D eigenvalue weighted by Crippen LogP contribution is -2.35. The molecule has 10 nitrogen and oxygen atoms in total. The van der Waals surface area contributed by atoms with Gasteiger partial charge in [0.1, 0.15) is 0 Å². The molecule has 3 unspecified atom stereocenters. The molecule has 116 valence electrons. The van der Waals surface area contributed by atoms with Crippen molar-refractivity contribution >= 4 is 21.0 Å². The number of carboxylic acid groups (broad SMARTS) is 1. The fourth-order valence-corrected chi connectivity index (χ4v) is 3.17. The topological polar surface area (TPSA) is 163 Å². The van der Waals surface area contributed by atoms with E-state index in [4.69, 9.17) is 10.4 Å². The van der Waals surface area contributed by atoms with Crippen molar-refractivity contribution in [3.05, 3.63) is 0 Å². The van der Waals surface area contributed by atoms with Gasteiger partial charge >= 0.3 is 21.0 Å². The van der Waals surface area contributed by atoms with Crippen LogP contribution in [0.4, 0.5) is 0 Å². The molecule has 1 aliphatic rings. The van der Waals surface area contributed by atoms with Gasteiger partial charge in [0.05, 0.1) is 18.6 Å². The molecular formula is C8H14O10P2. The van der Waals surface area contributed by atoms with Crippen LogP contribution in [0.5, 0.6) is 0 Å². The Labute approximate surface area is 114 Å². The maximum absolute atomic E-state index is 11.5. The first-order valence-corrected chi connectivity index (χ1v) is 8.99. The second-order valence-corrected chi connectivity index (χ2v) is 8.66. The molecule has 0 aromatic heterocycles. The van der Waals surface area contributed by atoms with Crippen LogP contribution in [0.3, 0.4) is 0 Å². The van der Waals surface area contributed by atoms with Crippen molar-refractivity contribution in [2.45, 2.75) is 31.3 Å². The highest BCUT2D eigenvalue weighted by atomic mass is 32.1. The third-order valence-corrected chi connectivity index (χ3v) is 5.82. The molecule has 0 radical (unpaired) electrons. The molecule has 3 atom stereocenters. The van der Waals surface area contributed by atoms with E-state index in [9.17, 15) is 23.9 Å². The van der Waals surface area contributed by atoms with E-state index in [0.29, 0.717) is 12.8 Å². The van der Waals surface area contributed by atoms with Gasteiger partial charge in [-0.2, -0.15) is 0 Å². The summed E-state index contributed by atoms with van der Waals surface area (Å²) in [5.74, 6) is -1.44. The molecule has 3 N–H and O–H groups in total. The van der Waals surface area contributed by atoms with Gasteiger partial charge < -0.3 is 15.1 Å². The van der Waals surface area contributed by atoms with E-state index in [1.165, 1.54) is 0 Å². The van der Waals surface area contributed by atoms with Crippen molar-refractivity contribution in [3.63, 3.8) is 0 Å². The zero-order valence-electron chi connectivity index (χ0n) is 10.2. The summed E-state index contributed by atoms with van der Waals surface area (Å²) in [7, 11) is -8.39. The summed E-state index contributed by atoms with van der Waals surface area (Å²) in [5.41, 5.74) is -1.56. The second-order valence-electron chi connectivity index (χ2n) is 4.39. The van der Waals surface area contributed by atoms with Gasteiger partial charge in [-0.1, -0.05) is 14.3 Å². The van der Waals surface area contributed by atoms with Gasteiger partial charge in [-0.15, -0.1) is 0 Å². The van der Waals surface area contributed by atoms with Crippen LogP contribution < -0.4 is 4.89 Å². The fourth-order valence-electron chi connectivity index (χ4n) is 1.80. The Morgan fingerprint density at radius 2 is 2.10 bits per heavy atom. The molecule has 12 heteroatoms. The van der Waals surface area contributed by atoms with Crippen molar-refractivity contribution in [1.82, 2.24) is 0 Å². The number of rotatable bonds is 10. The smallest absolute Gasteiger partial charge is 0.587 e. The fraction of sp³-hybridized carbons (Fsp3) is 0.875. The average molecular weight is 332 g/mol. The van der Waals surface area contributed by atoms with Crippen molar-refractivity contribution in [2.24, 2.45) is 5.92 Å². The Bertz CT molecular complexity index is 421. The standard InChI is InChI=1S/C8H14O10P2/c9-7(10)5-8(11,6-1-2-6)3-4-16-20(15,18-17-12)19(13)14/h6,11-12H,1-5H2,(H,9,10). The van der Waals surface area contributed by atoms with Gasteiger partial charge in [0.15, 0.2) is 0 Å². The Morgan fingerprint density at radius 3 is 2.50 bits per heavy atom. The van der Waals surface area contributed by atoms with Gasteiger partial charge in [-0.25, -0.2) is 9.82 Å². The number of carboxylic acids is 1. The predicted octanol–water partition coefficient (Wildman–Crippen LogP) is 0.641. The summed E-state index contributed by atoms with van der Waals surface area (Å²) < 4.78 is 30.3. The minimum absolute atomic E-state index is 0.224. The minimum Gasteiger partial charge on any atom is -0.587 e. The van der Waals surface area contributed by atoms with Gasteiger partial charge in [0.25, 0.3) is 0 Å². The molecule has 0 spiro atoms. The maximum Gasteiger partial charge on any atom is 0.596 e. The number of carbonyl (C=O) groups is 1. The molecule has 0 aromatic rings. The van der Waals surface area contributed by atoms with Crippen LogP contribution in [0.25, 0.3) is 0 Å². The van der Waals surface area contributed by atoms with E-state index in [-0.39, 0.29) is 12.3 Å². The maximum atomic E-state index is 11.5. The van der Waals surface area contributed by atoms with Gasteiger partial charge in [-0.3, -0.25) is 9.32 Å². The molecule has 1 aliphatic carbocycles. The second kappa shape index (κ2) is 7.02.